The van der Waals surface area contributed by atoms with Gasteiger partial charge in [-0.1, -0.05) is 18.2 Å². The number of fused-ring (bicyclic) bond motifs is 3. The summed E-state index contributed by atoms with van der Waals surface area (Å²) in [5, 5.41) is 10.1. The number of benzene rings is 1. The summed E-state index contributed by atoms with van der Waals surface area (Å²) in [4.78, 5) is 13.6. The Balaban J connectivity index is 1.59. The van der Waals surface area contributed by atoms with Crippen LogP contribution in [0, 0.1) is 0 Å². The van der Waals surface area contributed by atoms with Crippen LogP contribution in [0.25, 0.3) is 16.8 Å². The van der Waals surface area contributed by atoms with Gasteiger partial charge in [-0.25, -0.2) is 15.0 Å². The standard InChI is InChI=1S/C24H24N4O2/c1-24(2,29)23-25-12-16(13-26-23)15-8-11-21-27-19-10-9-18(22(19)28(21)14-15)17-6-4-5-7-20(17)30-3/h4-8,11-14,18,29H,9-10H2,1-3H3. The lowest BCUT2D eigenvalue weighted by Gasteiger charge is -2.16. The molecule has 30 heavy (non-hydrogen) atoms. The Bertz CT molecular complexity index is 1220. The molecule has 3 aromatic heterocycles. The van der Waals surface area contributed by atoms with Crippen LogP contribution in [0.3, 0.4) is 0 Å². The molecule has 0 amide bonds. The van der Waals surface area contributed by atoms with E-state index in [9.17, 15) is 5.11 Å². The number of pyridine rings is 1. The second-order valence-electron chi connectivity index (χ2n) is 8.28. The Morgan fingerprint density at radius 1 is 1.07 bits per heavy atom. The zero-order valence-corrected chi connectivity index (χ0v) is 17.3. The summed E-state index contributed by atoms with van der Waals surface area (Å²) >= 11 is 0. The number of methoxy groups -OCH3 is 1. The van der Waals surface area contributed by atoms with E-state index >= 15 is 0 Å². The van der Waals surface area contributed by atoms with Gasteiger partial charge in [0.15, 0.2) is 5.82 Å². The molecule has 0 saturated heterocycles. The number of ether oxygens (including phenoxy) is 1. The lowest BCUT2D eigenvalue weighted by molar-refractivity contribution is 0.0687. The molecule has 3 heterocycles. The summed E-state index contributed by atoms with van der Waals surface area (Å²) in [5.74, 6) is 1.57. The SMILES string of the molecule is COc1ccccc1C1CCc2nc3ccc(-c4cnc(C(C)(C)O)nc4)cn3c21. The number of nitrogens with zero attached hydrogens (tertiary/aromatic N) is 4. The van der Waals surface area contributed by atoms with E-state index in [-0.39, 0.29) is 5.92 Å². The van der Waals surface area contributed by atoms with Crippen LogP contribution in [-0.2, 0) is 12.0 Å². The molecule has 0 bridgehead atoms. The normalized spacial score (nSPS) is 16.1. The van der Waals surface area contributed by atoms with Gasteiger partial charge in [0.25, 0.3) is 0 Å². The Labute approximate surface area is 175 Å². The predicted molar refractivity (Wildman–Crippen MR) is 115 cm³/mol. The minimum atomic E-state index is -1.06. The van der Waals surface area contributed by atoms with E-state index in [2.05, 4.69) is 32.7 Å². The van der Waals surface area contributed by atoms with Crippen LogP contribution in [0.15, 0.2) is 55.0 Å². The van der Waals surface area contributed by atoms with Crippen LogP contribution in [0.1, 0.15) is 49.0 Å². The summed E-state index contributed by atoms with van der Waals surface area (Å²) < 4.78 is 7.82. The molecule has 1 aliphatic rings. The van der Waals surface area contributed by atoms with Crippen molar-refractivity contribution in [3.05, 3.63) is 77.8 Å². The molecule has 6 heteroatoms. The Morgan fingerprint density at radius 3 is 2.57 bits per heavy atom. The van der Waals surface area contributed by atoms with Gasteiger partial charge in [-0.3, -0.25) is 0 Å². The number of rotatable bonds is 4. The van der Waals surface area contributed by atoms with Crippen LogP contribution in [0.2, 0.25) is 0 Å². The number of aromatic nitrogens is 4. The minimum absolute atomic E-state index is 0.246. The van der Waals surface area contributed by atoms with E-state index in [1.54, 1.807) is 33.4 Å². The predicted octanol–water partition coefficient (Wildman–Crippen LogP) is 4.11. The van der Waals surface area contributed by atoms with Crippen molar-refractivity contribution in [2.24, 2.45) is 0 Å². The monoisotopic (exact) mass is 400 g/mol. The first-order valence-corrected chi connectivity index (χ1v) is 10.1. The highest BCUT2D eigenvalue weighted by Gasteiger charge is 2.31. The molecule has 5 rings (SSSR count). The molecule has 1 unspecified atom stereocenters. The summed E-state index contributed by atoms with van der Waals surface area (Å²) in [6.07, 6.45) is 7.61. The Morgan fingerprint density at radius 2 is 1.83 bits per heavy atom. The van der Waals surface area contributed by atoms with Crippen LogP contribution < -0.4 is 4.74 Å². The quantitative estimate of drug-likeness (QED) is 0.558. The third-order valence-electron chi connectivity index (χ3n) is 5.78. The fourth-order valence-electron chi connectivity index (χ4n) is 4.30. The highest BCUT2D eigenvalue weighted by Crippen LogP contribution is 2.42. The van der Waals surface area contributed by atoms with Crippen LogP contribution in [0.5, 0.6) is 5.75 Å². The molecule has 1 N–H and O–H groups in total. The summed E-state index contributed by atoms with van der Waals surface area (Å²) in [7, 11) is 1.72. The van der Waals surface area contributed by atoms with Gasteiger partial charge in [-0.2, -0.15) is 0 Å². The third kappa shape index (κ3) is 3.04. The van der Waals surface area contributed by atoms with E-state index in [0.29, 0.717) is 5.82 Å². The molecule has 0 spiro atoms. The first kappa shape index (κ1) is 18.8. The van der Waals surface area contributed by atoms with Gasteiger partial charge in [0.1, 0.15) is 17.0 Å². The largest absolute Gasteiger partial charge is 0.496 e. The smallest absolute Gasteiger partial charge is 0.159 e. The minimum Gasteiger partial charge on any atom is -0.496 e. The van der Waals surface area contributed by atoms with Crippen molar-refractivity contribution in [3.8, 4) is 16.9 Å². The maximum Gasteiger partial charge on any atom is 0.159 e. The van der Waals surface area contributed by atoms with Gasteiger partial charge in [0.05, 0.1) is 18.5 Å². The van der Waals surface area contributed by atoms with Crippen LogP contribution in [-0.4, -0.2) is 31.6 Å². The van der Waals surface area contributed by atoms with Gasteiger partial charge in [0.2, 0.25) is 0 Å². The molecule has 1 aliphatic carbocycles. The third-order valence-corrected chi connectivity index (χ3v) is 5.78. The fourth-order valence-corrected chi connectivity index (χ4v) is 4.30. The number of para-hydroxylation sites is 1. The van der Waals surface area contributed by atoms with Crippen molar-refractivity contribution in [1.29, 1.82) is 0 Å². The van der Waals surface area contributed by atoms with Gasteiger partial charge >= 0.3 is 0 Å². The maximum absolute atomic E-state index is 10.1. The average molecular weight is 400 g/mol. The molecule has 0 aliphatic heterocycles. The van der Waals surface area contributed by atoms with Crippen molar-refractivity contribution < 1.29 is 9.84 Å². The van der Waals surface area contributed by atoms with Gasteiger partial charge in [-0.15, -0.1) is 0 Å². The Kier molecular flexibility index (Phi) is 4.33. The molecular weight excluding hydrogens is 376 g/mol. The zero-order chi connectivity index (χ0) is 20.9. The number of imidazole rings is 1. The first-order valence-electron chi connectivity index (χ1n) is 10.1. The van der Waals surface area contributed by atoms with Crippen LogP contribution >= 0.6 is 0 Å². The van der Waals surface area contributed by atoms with E-state index < -0.39 is 5.60 Å². The number of hydrogen-bond donors (Lipinski definition) is 1. The summed E-state index contributed by atoms with van der Waals surface area (Å²) in [6, 6.07) is 12.3. The van der Waals surface area contributed by atoms with E-state index in [0.717, 1.165) is 41.1 Å². The van der Waals surface area contributed by atoms with Crippen LogP contribution in [0.4, 0.5) is 0 Å². The molecule has 1 aromatic carbocycles. The number of hydrogen-bond acceptors (Lipinski definition) is 5. The van der Waals surface area contributed by atoms with Gasteiger partial charge < -0.3 is 14.2 Å². The van der Waals surface area contributed by atoms with Crippen molar-refractivity contribution in [2.45, 2.75) is 38.2 Å². The van der Waals surface area contributed by atoms with Gasteiger partial charge in [0, 0.05) is 41.2 Å². The molecule has 0 radical (unpaired) electrons. The van der Waals surface area contributed by atoms with E-state index in [1.807, 2.05) is 24.3 Å². The number of aryl methyl sites for hydroxylation is 1. The van der Waals surface area contributed by atoms with Crippen molar-refractivity contribution in [1.82, 2.24) is 19.4 Å². The average Bonchev–Trinajstić information content (AvgIpc) is 3.32. The van der Waals surface area contributed by atoms with Crippen molar-refractivity contribution >= 4 is 5.65 Å². The highest BCUT2D eigenvalue weighted by molar-refractivity contribution is 5.64. The second kappa shape index (κ2) is 6.92. The molecule has 152 valence electrons. The summed E-state index contributed by atoms with van der Waals surface area (Å²) in [6.45, 7) is 3.36. The molecule has 6 nitrogen and oxygen atoms in total. The van der Waals surface area contributed by atoms with E-state index in [1.165, 1.54) is 11.3 Å². The molecular formula is C24H24N4O2. The highest BCUT2D eigenvalue weighted by atomic mass is 16.5. The Hall–Kier alpha value is -3.25. The fraction of sp³-hybridized carbons (Fsp3) is 0.292. The van der Waals surface area contributed by atoms with Gasteiger partial charge in [-0.05, 0) is 44.9 Å². The maximum atomic E-state index is 10.1. The second-order valence-corrected chi connectivity index (χ2v) is 8.28. The zero-order valence-electron chi connectivity index (χ0n) is 17.3. The van der Waals surface area contributed by atoms with Crippen molar-refractivity contribution in [2.75, 3.05) is 7.11 Å². The topological polar surface area (TPSA) is 72.5 Å². The number of aliphatic hydroxyl groups is 1. The molecule has 0 fully saturated rings. The first-order chi connectivity index (χ1) is 14.5. The van der Waals surface area contributed by atoms with E-state index in [4.69, 9.17) is 9.72 Å². The molecule has 1 atom stereocenters. The lowest BCUT2D eigenvalue weighted by atomic mass is 9.95. The molecule has 0 saturated carbocycles. The van der Waals surface area contributed by atoms with Crippen molar-refractivity contribution in [3.63, 3.8) is 0 Å². The lowest BCUT2D eigenvalue weighted by Crippen LogP contribution is -2.19. The molecule has 4 aromatic rings. The summed E-state index contributed by atoms with van der Waals surface area (Å²) in [5.41, 5.74) is 5.37.